The summed E-state index contributed by atoms with van der Waals surface area (Å²) in [5, 5.41) is 4.82. The molecule has 1 amide bonds. The normalized spacial score (nSPS) is 16.0. The number of aromatic nitrogens is 2. The molecular formula is C16H19ClN4O. The third-order valence-corrected chi connectivity index (χ3v) is 4.18. The Morgan fingerprint density at radius 2 is 1.86 bits per heavy atom. The van der Waals surface area contributed by atoms with E-state index in [1.165, 1.54) is 5.56 Å². The summed E-state index contributed by atoms with van der Waals surface area (Å²) in [5.41, 5.74) is 1.91. The standard InChI is InChI=1S/C16H19ClN4O/c1-19-12-14(10-18-19)16(22)21-8-6-20(7-9-21)11-13-2-4-15(17)5-3-13/h2-5,10,12H,6-9,11H2,1H3. The number of rotatable bonds is 3. The zero-order valence-corrected chi connectivity index (χ0v) is 13.3. The zero-order chi connectivity index (χ0) is 15.5. The highest BCUT2D eigenvalue weighted by Crippen LogP contribution is 2.14. The van der Waals surface area contributed by atoms with Crippen molar-refractivity contribution in [2.45, 2.75) is 6.54 Å². The summed E-state index contributed by atoms with van der Waals surface area (Å²) >= 11 is 5.90. The van der Waals surface area contributed by atoms with Gasteiger partial charge >= 0.3 is 0 Å². The van der Waals surface area contributed by atoms with Crippen molar-refractivity contribution in [2.75, 3.05) is 26.2 Å². The molecule has 0 bridgehead atoms. The third kappa shape index (κ3) is 3.48. The van der Waals surface area contributed by atoms with E-state index in [0.29, 0.717) is 5.56 Å². The Kier molecular flexibility index (Phi) is 4.45. The SMILES string of the molecule is Cn1cc(C(=O)N2CCN(Cc3ccc(Cl)cc3)CC2)cn1. The Hall–Kier alpha value is -1.85. The number of carbonyl (C=O) groups excluding carboxylic acids is 1. The Bertz CT molecular complexity index is 644. The van der Waals surface area contributed by atoms with Crippen LogP contribution in [0.5, 0.6) is 0 Å². The predicted molar refractivity (Wildman–Crippen MR) is 85.8 cm³/mol. The Balaban J connectivity index is 1.54. The highest BCUT2D eigenvalue weighted by Gasteiger charge is 2.22. The van der Waals surface area contributed by atoms with Crippen molar-refractivity contribution in [3.05, 3.63) is 52.8 Å². The van der Waals surface area contributed by atoms with Crippen molar-refractivity contribution < 1.29 is 4.79 Å². The van der Waals surface area contributed by atoms with Gasteiger partial charge in [-0.25, -0.2) is 0 Å². The van der Waals surface area contributed by atoms with E-state index in [4.69, 9.17) is 11.6 Å². The van der Waals surface area contributed by atoms with E-state index < -0.39 is 0 Å². The topological polar surface area (TPSA) is 41.4 Å². The summed E-state index contributed by atoms with van der Waals surface area (Å²) in [6.45, 7) is 4.16. The first-order valence-electron chi connectivity index (χ1n) is 7.36. The molecule has 0 atom stereocenters. The number of hydrogen-bond acceptors (Lipinski definition) is 3. The molecule has 0 N–H and O–H groups in total. The fraction of sp³-hybridized carbons (Fsp3) is 0.375. The molecule has 0 radical (unpaired) electrons. The van der Waals surface area contributed by atoms with E-state index in [9.17, 15) is 4.79 Å². The molecule has 116 valence electrons. The van der Waals surface area contributed by atoms with Gasteiger partial charge in [-0.05, 0) is 17.7 Å². The molecule has 0 saturated carbocycles. The number of hydrogen-bond donors (Lipinski definition) is 0. The monoisotopic (exact) mass is 318 g/mol. The van der Waals surface area contributed by atoms with Gasteiger partial charge in [0.05, 0.1) is 11.8 Å². The molecule has 2 aromatic rings. The van der Waals surface area contributed by atoms with Crippen LogP contribution in [0.1, 0.15) is 15.9 Å². The van der Waals surface area contributed by atoms with E-state index in [-0.39, 0.29) is 5.91 Å². The lowest BCUT2D eigenvalue weighted by Crippen LogP contribution is -2.48. The molecular weight excluding hydrogens is 300 g/mol. The lowest BCUT2D eigenvalue weighted by Gasteiger charge is -2.34. The second-order valence-electron chi connectivity index (χ2n) is 5.60. The predicted octanol–water partition coefficient (Wildman–Crippen LogP) is 2.03. The van der Waals surface area contributed by atoms with Crippen LogP contribution in [0.25, 0.3) is 0 Å². The minimum atomic E-state index is 0.0687. The highest BCUT2D eigenvalue weighted by molar-refractivity contribution is 6.30. The van der Waals surface area contributed by atoms with Crippen LogP contribution in [0.3, 0.4) is 0 Å². The van der Waals surface area contributed by atoms with Crippen LogP contribution in [0, 0.1) is 0 Å². The second-order valence-corrected chi connectivity index (χ2v) is 6.03. The molecule has 22 heavy (non-hydrogen) atoms. The number of benzene rings is 1. The van der Waals surface area contributed by atoms with E-state index in [1.807, 2.05) is 24.1 Å². The number of halogens is 1. The molecule has 1 fully saturated rings. The molecule has 6 heteroatoms. The van der Waals surface area contributed by atoms with Crippen molar-refractivity contribution in [3.63, 3.8) is 0 Å². The molecule has 5 nitrogen and oxygen atoms in total. The average Bonchev–Trinajstić information content (AvgIpc) is 2.96. The largest absolute Gasteiger partial charge is 0.336 e. The third-order valence-electron chi connectivity index (χ3n) is 3.93. The lowest BCUT2D eigenvalue weighted by molar-refractivity contribution is 0.0628. The van der Waals surface area contributed by atoms with Crippen LogP contribution < -0.4 is 0 Å². The Morgan fingerprint density at radius 1 is 1.18 bits per heavy atom. The van der Waals surface area contributed by atoms with Crippen LogP contribution in [0.4, 0.5) is 0 Å². The molecule has 1 aromatic carbocycles. The maximum Gasteiger partial charge on any atom is 0.257 e. The molecule has 1 saturated heterocycles. The van der Waals surface area contributed by atoms with Crippen molar-refractivity contribution >= 4 is 17.5 Å². The van der Waals surface area contributed by atoms with Gasteiger partial charge in [-0.1, -0.05) is 23.7 Å². The summed E-state index contributed by atoms with van der Waals surface area (Å²) in [6.07, 6.45) is 3.39. The maximum absolute atomic E-state index is 12.4. The minimum Gasteiger partial charge on any atom is -0.336 e. The highest BCUT2D eigenvalue weighted by atomic mass is 35.5. The van der Waals surface area contributed by atoms with Gasteiger partial charge < -0.3 is 4.90 Å². The van der Waals surface area contributed by atoms with Crippen LogP contribution in [-0.2, 0) is 13.6 Å². The van der Waals surface area contributed by atoms with Gasteiger partial charge in [-0.2, -0.15) is 5.10 Å². The summed E-state index contributed by atoms with van der Waals surface area (Å²) in [6, 6.07) is 7.93. The minimum absolute atomic E-state index is 0.0687. The van der Waals surface area contributed by atoms with E-state index in [1.54, 1.807) is 17.1 Å². The molecule has 0 spiro atoms. The number of piperazine rings is 1. The zero-order valence-electron chi connectivity index (χ0n) is 12.6. The number of aryl methyl sites for hydroxylation is 1. The summed E-state index contributed by atoms with van der Waals surface area (Å²) < 4.78 is 1.66. The van der Waals surface area contributed by atoms with Crippen molar-refractivity contribution in [3.8, 4) is 0 Å². The molecule has 3 rings (SSSR count). The fourth-order valence-electron chi connectivity index (χ4n) is 2.67. The quantitative estimate of drug-likeness (QED) is 0.869. The molecule has 1 aliphatic rings. The van der Waals surface area contributed by atoms with Crippen molar-refractivity contribution in [1.82, 2.24) is 19.6 Å². The van der Waals surface area contributed by atoms with Gasteiger partial charge in [-0.3, -0.25) is 14.4 Å². The first-order chi connectivity index (χ1) is 10.6. The number of nitrogens with zero attached hydrogens (tertiary/aromatic N) is 4. The van der Waals surface area contributed by atoms with Crippen LogP contribution in [0.15, 0.2) is 36.7 Å². The van der Waals surface area contributed by atoms with Gasteiger partial charge in [0.15, 0.2) is 0 Å². The van der Waals surface area contributed by atoms with Gasteiger partial charge in [0, 0.05) is 51.0 Å². The maximum atomic E-state index is 12.4. The molecule has 1 aromatic heterocycles. The van der Waals surface area contributed by atoms with Crippen molar-refractivity contribution in [1.29, 1.82) is 0 Å². The molecule has 2 heterocycles. The van der Waals surface area contributed by atoms with Gasteiger partial charge in [-0.15, -0.1) is 0 Å². The van der Waals surface area contributed by atoms with E-state index >= 15 is 0 Å². The van der Waals surface area contributed by atoms with Gasteiger partial charge in [0.25, 0.3) is 5.91 Å². The summed E-state index contributed by atoms with van der Waals surface area (Å²) in [7, 11) is 1.82. The van der Waals surface area contributed by atoms with E-state index in [0.717, 1.165) is 37.7 Å². The first-order valence-corrected chi connectivity index (χ1v) is 7.74. The Labute approximate surface area is 135 Å². The van der Waals surface area contributed by atoms with Crippen LogP contribution in [-0.4, -0.2) is 51.7 Å². The first kappa shape index (κ1) is 15.1. The van der Waals surface area contributed by atoms with Gasteiger partial charge in [0.2, 0.25) is 0 Å². The lowest BCUT2D eigenvalue weighted by atomic mass is 10.2. The van der Waals surface area contributed by atoms with Crippen LogP contribution >= 0.6 is 11.6 Å². The molecule has 0 aliphatic carbocycles. The Morgan fingerprint density at radius 3 is 2.45 bits per heavy atom. The van der Waals surface area contributed by atoms with E-state index in [2.05, 4.69) is 22.1 Å². The fourth-order valence-corrected chi connectivity index (χ4v) is 2.80. The number of carbonyl (C=O) groups is 1. The van der Waals surface area contributed by atoms with Crippen LogP contribution in [0.2, 0.25) is 5.02 Å². The average molecular weight is 319 g/mol. The molecule has 0 unspecified atom stereocenters. The summed E-state index contributed by atoms with van der Waals surface area (Å²) in [5.74, 6) is 0.0687. The second kappa shape index (κ2) is 6.50. The number of amides is 1. The van der Waals surface area contributed by atoms with Gasteiger partial charge in [0.1, 0.15) is 0 Å². The smallest absolute Gasteiger partial charge is 0.257 e. The summed E-state index contributed by atoms with van der Waals surface area (Å²) in [4.78, 5) is 16.6. The molecule has 1 aliphatic heterocycles. The van der Waals surface area contributed by atoms with Crippen molar-refractivity contribution in [2.24, 2.45) is 7.05 Å².